The molecule has 0 unspecified atom stereocenters. The van der Waals surface area contributed by atoms with Gasteiger partial charge in [0.25, 0.3) is 0 Å². The fourth-order valence-electron chi connectivity index (χ4n) is 1.25. The molecule has 5 heteroatoms. The van der Waals surface area contributed by atoms with E-state index in [0.717, 1.165) is 5.56 Å². The van der Waals surface area contributed by atoms with Crippen molar-refractivity contribution in [3.63, 3.8) is 0 Å². The minimum absolute atomic E-state index is 0.0231. The molecule has 0 aliphatic rings. The number of carbonyl (C=O) groups is 1. The van der Waals surface area contributed by atoms with Crippen molar-refractivity contribution in [1.82, 2.24) is 9.38 Å². The van der Waals surface area contributed by atoms with Gasteiger partial charge in [0, 0.05) is 12.4 Å². The quantitative estimate of drug-likeness (QED) is 0.702. The molecule has 2 heterocycles. The lowest BCUT2D eigenvalue weighted by atomic mass is 10.2. The number of hydrogen-bond donors (Lipinski definition) is 2. The van der Waals surface area contributed by atoms with Crippen molar-refractivity contribution in [2.24, 2.45) is 0 Å². The Kier molecular flexibility index (Phi) is 1.67. The maximum Gasteiger partial charge on any atom is 0.356 e. The molecule has 0 aliphatic carbocycles. The second-order valence-electron chi connectivity index (χ2n) is 3.11. The number of fused-ring (bicyclic) bond motifs is 1. The van der Waals surface area contributed by atoms with E-state index in [-0.39, 0.29) is 5.69 Å². The van der Waals surface area contributed by atoms with E-state index in [9.17, 15) is 4.79 Å². The zero-order chi connectivity index (χ0) is 10.3. The largest absolute Gasteiger partial charge is 0.476 e. The number of pyridine rings is 1. The summed E-state index contributed by atoms with van der Waals surface area (Å²) in [6.45, 7) is 1.85. The molecule has 3 N–H and O–H groups in total. The fourth-order valence-corrected chi connectivity index (χ4v) is 1.25. The molecule has 0 radical (unpaired) electrons. The van der Waals surface area contributed by atoms with Crippen molar-refractivity contribution >= 4 is 17.3 Å². The molecule has 0 saturated heterocycles. The summed E-state index contributed by atoms with van der Waals surface area (Å²) in [4.78, 5) is 14.6. The van der Waals surface area contributed by atoms with Crippen LogP contribution in [0.2, 0.25) is 0 Å². The number of rotatable bonds is 1. The van der Waals surface area contributed by atoms with Crippen LogP contribution in [0.15, 0.2) is 18.5 Å². The van der Waals surface area contributed by atoms with E-state index >= 15 is 0 Å². The molecule has 0 atom stereocenters. The molecule has 2 aromatic heterocycles. The molecule has 0 bridgehead atoms. The van der Waals surface area contributed by atoms with E-state index in [1.807, 2.05) is 6.92 Å². The van der Waals surface area contributed by atoms with Crippen molar-refractivity contribution in [2.75, 3.05) is 5.73 Å². The topological polar surface area (TPSA) is 80.6 Å². The second-order valence-corrected chi connectivity index (χ2v) is 3.11. The first kappa shape index (κ1) is 8.55. The third-order valence-electron chi connectivity index (χ3n) is 2.06. The first-order valence-corrected chi connectivity index (χ1v) is 4.06. The van der Waals surface area contributed by atoms with Gasteiger partial charge in [-0.3, -0.25) is 0 Å². The van der Waals surface area contributed by atoms with Crippen LogP contribution in [-0.4, -0.2) is 20.5 Å². The van der Waals surface area contributed by atoms with Crippen LogP contribution in [-0.2, 0) is 0 Å². The van der Waals surface area contributed by atoms with E-state index in [2.05, 4.69) is 4.98 Å². The Labute approximate surface area is 79.8 Å². The Bertz CT molecular complexity index is 477. The number of carboxylic acid groups (broad SMARTS) is 1. The first-order valence-electron chi connectivity index (χ1n) is 4.06. The lowest BCUT2D eigenvalue weighted by Gasteiger charge is -1.99. The molecule has 0 aliphatic heterocycles. The normalized spacial score (nSPS) is 10.6. The van der Waals surface area contributed by atoms with Gasteiger partial charge in [0.05, 0.1) is 5.69 Å². The molecule has 0 aromatic carbocycles. The highest BCUT2D eigenvalue weighted by Crippen LogP contribution is 2.14. The van der Waals surface area contributed by atoms with Gasteiger partial charge in [-0.15, -0.1) is 0 Å². The van der Waals surface area contributed by atoms with Gasteiger partial charge in [0.1, 0.15) is 5.65 Å². The molecule has 2 rings (SSSR count). The Morgan fingerprint density at radius 1 is 1.57 bits per heavy atom. The highest BCUT2D eigenvalue weighted by molar-refractivity contribution is 5.86. The lowest BCUT2D eigenvalue weighted by molar-refractivity contribution is 0.0691. The van der Waals surface area contributed by atoms with Gasteiger partial charge in [0.15, 0.2) is 5.69 Å². The minimum atomic E-state index is -1.04. The number of aromatic nitrogens is 2. The summed E-state index contributed by atoms with van der Waals surface area (Å²) in [5, 5.41) is 8.72. The third kappa shape index (κ3) is 1.19. The van der Waals surface area contributed by atoms with Gasteiger partial charge >= 0.3 is 5.97 Å². The van der Waals surface area contributed by atoms with Crippen molar-refractivity contribution in [3.05, 3.63) is 29.7 Å². The van der Waals surface area contributed by atoms with Gasteiger partial charge in [-0.05, 0) is 18.6 Å². The third-order valence-corrected chi connectivity index (χ3v) is 2.06. The Morgan fingerprint density at radius 3 is 2.93 bits per heavy atom. The number of carboxylic acids is 1. The smallest absolute Gasteiger partial charge is 0.356 e. The lowest BCUT2D eigenvalue weighted by Crippen LogP contribution is -1.94. The van der Waals surface area contributed by atoms with E-state index in [1.54, 1.807) is 16.7 Å². The predicted molar refractivity (Wildman–Crippen MR) is 51.3 cm³/mol. The first-order chi connectivity index (χ1) is 6.58. The number of aryl methyl sites for hydroxylation is 1. The standard InChI is InChI=1S/C9H9N3O2/c1-5-2-8-11-7(9(13)14)4-12(8)3-6(5)10/h2-4H,10H2,1H3,(H,13,14). The molecular weight excluding hydrogens is 182 g/mol. The Morgan fingerprint density at radius 2 is 2.29 bits per heavy atom. The van der Waals surface area contributed by atoms with Gasteiger partial charge in [0.2, 0.25) is 0 Å². The molecular formula is C9H9N3O2. The van der Waals surface area contributed by atoms with E-state index in [0.29, 0.717) is 11.3 Å². The van der Waals surface area contributed by atoms with Crippen LogP contribution in [0.1, 0.15) is 16.1 Å². The van der Waals surface area contributed by atoms with Crippen LogP contribution in [0.3, 0.4) is 0 Å². The van der Waals surface area contributed by atoms with Crippen molar-refractivity contribution in [1.29, 1.82) is 0 Å². The summed E-state index contributed by atoms with van der Waals surface area (Å²) in [6.07, 6.45) is 3.09. The predicted octanol–water partition coefficient (Wildman–Crippen LogP) is 0.923. The SMILES string of the molecule is Cc1cc2nc(C(=O)O)cn2cc1N. The van der Waals surface area contributed by atoms with Crippen LogP contribution >= 0.6 is 0 Å². The van der Waals surface area contributed by atoms with Crippen LogP contribution in [0.4, 0.5) is 5.69 Å². The summed E-state index contributed by atoms with van der Waals surface area (Å²) in [5.74, 6) is -1.04. The average Bonchev–Trinajstić information content (AvgIpc) is 2.48. The van der Waals surface area contributed by atoms with E-state index in [4.69, 9.17) is 10.8 Å². The number of imidazole rings is 1. The molecule has 14 heavy (non-hydrogen) atoms. The summed E-state index contributed by atoms with van der Waals surface area (Å²) in [7, 11) is 0. The monoisotopic (exact) mass is 191 g/mol. The summed E-state index contributed by atoms with van der Waals surface area (Å²) >= 11 is 0. The summed E-state index contributed by atoms with van der Waals surface area (Å²) in [6, 6.07) is 1.75. The molecule has 0 spiro atoms. The highest BCUT2D eigenvalue weighted by atomic mass is 16.4. The fraction of sp³-hybridized carbons (Fsp3) is 0.111. The number of nitrogen functional groups attached to an aromatic ring is 1. The van der Waals surface area contributed by atoms with Gasteiger partial charge < -0.3 is 15.2 Å². The van der Waals surface area contributed by atoms with Gasteiger partial charge in [-0.1, -0.05) is 0 Å². The van der Waals surface area contributed by atoms with Crippen LogP contribution in [0.5, 0.6) is 0 Å². The zero-order valence-corrected chi connectivity index (χ0v) is 7.56. The Hall–Kier alpha value is -2.04. The van der Waals surface area contributed by atoms with Crippen molar-refractivity contribution < 1.29 is 9.90 Å². The molecule has 72 valence electrons. The minimum Gasteiger partial charge on any atom is -0.476 e. The number of hydrogen-bond acceptors (Lipinski definition) is 3. The van der Waals surface area contributed by atoms with Gasteiger partial charge in [-0.2, -0.15) is 0 Å². The number of aromatic carboxylic acids is 1. The zero-order valence-electron chi connectivity index (χ0n) is 7.56. The van der Waals surface area contributed by atoms with Crippen LogP contribution < -0.4 is 5.73 Å². The van der Waals surface area contributed by atoms with Crippen molar-refractivity contribution in [2.45, 2.75) is 6.92 Å². The molecule has 5 nitrogen and oxygen atoms in total. The molecule has 0 amide bonds. The summed E-state index contributed by atoms with van der Waals surface area (Å²) in [5.41, 5.74) is 7.80. The van der Waals surface area contributed by atoms with E-state index in [1.165, 1.54) is 6.20 Å². The maximum absolute atomic E-state index is 10.6. The maximum atomic E-state index is 10.6. The van der Waals surface area contributed by atoms with E-state index < -0.39 is 5.97 Å². The number of anilines is 1. The summed E-state index contributed by atoms with van der Waals surface area (Å²) < 4.78 is 1.60. The van der Waals surface area contributed by atoms with Gasteiger partial charge in [-0.25, -0.2) is 9.78 Å². The highest BCUT2D eigenvalue weighted by Gasteiger charge is 2.08. The average molecular weight is 191 g/mol. The molecule has 2 aromatic rings. The van der Waals surface area contributed by atoms with Crippen LogP contribution in [0, 0.1) is 6.92 Å². The second kappa shape index (κ2) is 2.73. The Balaban J connectivity index is 2.72. The molecule has 0 fully saturated rings. The number of nitrogens with zero attached hydrogens (tertiary/aromatic N) is 2. The molecule has 0 saturated carbocycles. The number of nitrogens with two attached hydrogens (primary N) is 1. The van der Waals surface area contributed by atoms with Crippen LogP contribution in [0.25, 0.3) is 5.65 Å². The van der Waals surface area contributed by atoms with Crippen molar-refractivity contribution in [3.8, 4) is 0 Å².